The van der Waals surface area contributed by atoms with Crippen molar-refractivity contribution in [2.75, 3.05) is 13.2 Å². The van der Waals surface area contributed by atoms with Gasteiger partial charge in [0.2, 0.25) is 0 Å². The molecule has 0 amide bonds. The molecule has 6 nitrogen and oxygen atoms in total. The van der Waals surface area contributed by atoms with E-state index in [0.717, 1.165) is 70.6 Å². The number of allylic oxidation sites excluding steroid dienone is 6. The first-order valence-electron chi connectivity index (χ1n) is 26.0. The van der Waals surface area contributed by atoms with Crippen LogP contribution in [0.1, 0.15) is 271 Å². The van der Waals surface area contributed by atoms with E-state index in [1.54, 1.807) is 0 Å². The Morgan fingerprint density at radius 3 is 0.933 bits per heavy atom. The van der Waals surface area contributed by atoms with Crippen molar-refractivity contribution in [3.63, 3.8) is 0 Å². The lowest BCUT2D eigenvalue weighted by Gasteiger charge is -2.18. The van der Waals surface area contributed by atoms with Gasteiger partial charge in [-0.1, -0.05) is 231 Å². The van der Waals surface area contributed by atoms with Crippen molar-refractivity contribution in [1.29, 1.82) is 0 Å². The Morgan fingerprint density at radius 1 is 0.333 bits per heavy atom. The van der Waals surface area contributed by atoms with Crippen molar-refractivity contribution in [3.8, 4) is 0 Å². The molecule has 60 heavy (non-hydrogen) atoms. The molecule has 0 fully saturated rings. The third-order valence-electron chi connectivity index (χ3n) is 11.4. The lowest BCUT2D eigenvalue weighted by Crippen LogP contribution is -2.30. The second-order valence-corrected chi connectivity index (χ2v) is 17.4. The largest absolute Gasteiger partial charge is 0.462 e. The summed E-state index contributed by atoms with van der Waals surface area (Å²) in [7, 11) is 0. The summed E-state index contributed by atoms with van der Waals surface area (Å²) in [6.07, 6.45) is 57.3. The monoisotopic (exact) mass is 843 g/mol. The van der Waals surface area contributed by atoms with Crippen molar-refractivity contribution in [1.82, 2.24) is 0 Å². The maximum Gasteiger partial charge on any atom is 0.306 e. The van der Waals surface area contributed by atoms with Crippen molar-refractivity contribution in [3.05, 3.63) is 36.5 Å². The molecule has 0 N–H and O–H groups in total. The molecule has 0 saturated carbocycles. The summed E-state index contributed by atoms with van der Waals surface area (Å²) in [5.41, 5.74) is 0. The highest BCUT2D eigenvalue weighted by molar-refractivity contribution is 5.71. The number of rotatable bonds is 47. The summed E-state index contributed by atoms with van der Waals surface area (Å²) in [5, 5.41) is 0. The van der Waals surface area contributed by atoms with Gasteiger partial charge in [-0.2, -0.15) is 0 Å². The number of hydrogen-bond donors (Lipinski definition) is 0. The zero-order chi connectivity index (χ0) is 43.7. The Hall–Kier alpha value is -2.37. The highest BCUT2D eigenvalue weighted by Crippen LogP contribution is 2.15. The SMILES string of the molecule is CCCCCCC/C=C\C/C=C\C/C=C\CCCCCCCCCCCCC(=O)OCC(COC(=O)CCCCCCCC)OC(=O)CCCCCCCCCCCCC. The number of carbonyl (C=O) groups is 3. The number of esters is 3. The van der Waals surface area contributed by atoms with Gasteiger partial charge in [-0.15, -0.1) is 0 Å². The van der Waals surface area contributed by atoms with E-state index in [1.165, 1.54) is 161 Å². The molecule has 0 saturated heterocycles. The molecule has 0 aliphatic heterocycles. The molecule has 350 valence electrons. The Morgan fingerprint density at radius 2 is 0.600 bits per heavy atom. The van der Waals surface area contributed by atoms with Gasteiger partial charge in [-0.05, 0) is 57.8 Å². The van der Waals surface area contributed by atoms with Gasteiger partial charge in [0.1, 0.15) is 13.2 Å². The molecule has 0 rings (SSSR count). The molecule has 0 bridgehead atoms. The van der Waals surface area contributed by atoms with Gasteiger partial charge < -0.3 is 14.2 Å². The van der Waals surface area contributed by atoms with Gasteiger partial charge in [0.05, 0.1) is 0 Å². The number of carbonyl (C=O) groups excluding carboxylic acids is 3. The van der Waals surface area contributed by atoms with Crippen molar-refractivity contribution in [2.24, 2.45) is 0 Å². The second kappa shape index (κ2) is 49.3. The van der Waals surface area contributed by atoms with Crippen LogP contribution >= 0.6 is 0 Å². The van der Waals surface area contributed by atoms with Gasteiger partial charge in [0.15, 0.2) is 6.10 Å². The summed E-state index contributed by atoms with van der Waals surface area (Å²) < 4.78 is 16.7. The molecule has 0 aromatic heterocycles. The predicted molar refractivity (Wildman–Crippen MR) is 256 cm³/mol. The smallest absolute Gasteiger partial charge is 0.306 e. The summed E-state index contributed by atoms with van der Waals surface area (Å²) >= 11 is 0. The molecule has 0 aromatic carbocycles. The first-order valence-corrected chi connectivity index (χ1v) is 26.0. The zero-order valence-corrected chi connectivity index (χ0v) is 40.0. The van der Waals surface area contributed by atoms with Crippen LogP contribution in [0.4, 0.5) is 0 Å². The molecule has 0 heterocycles. The fourth-order valence-electron chi connectivity index (χ4n) is 7.45. The predicted octanol–water partition coefficient (Wildman–Crippen LogP) is 16.9. The standard InChI is InChI=1S/C54H98O6/c1-4-7-10-13-16-18-20-21-22-23-24-25-26-27-28-29-30-31-32-33-35-36-38-41-44-47-53(56)59-50-51(49-58-52(55)46-43-40-15-12-9-6-3)60-54(57)48-45-42-39-37-34-19-17-14-11-8-5-2/h20-21,23-24,26-27,51H,4-19,22,25,28-50H2,1-3H3/b21-20-,24-23-,27-26-. The highest BCUT2D eigenvalue weighted by atomic mass is 16.6. The summed E-state index contributed by atoms with van der Waals surface area (Å²) in [4.78, 5) is 37.6. The minimum absolute atomic E-state index is 0.0708. The Balaban J connectivity index is 4.08. The molecule has 0 aliphatic rings. The van der Waals surface area contributed by atoms with E-state index in [-0.39, 0.29) is 31.1 Å². The maximum absolute atomic E-state index is 12.7. The number of ether oxygens (including phenoxy) is 3. The van der Waals surface area contributed by atoms with Crippen LogP contribution in [0.2, 0.25) is 0 Å². The summed E-state index contributed by atoms with van der Waals surface area (Å²) in [5.74, 6) is -0.877. The molecule has 1 unspecified atom stereocenters. The van der Waals surface area contributed by atoms with Crippen LogP contribution in [0.15, 0.2) is 36.5 Å². The van der Waals surface area contributed by atoms with Crippen LogP contribution in [0, 0.1) is 0 Å². The Bertz CT molecular complexity index is 1020. The molecular formula is C54H98O6. The molecule has 0 aliphatic carbocycles. The van der Waals surface area contributed by atoms with E-state index in [0.29, 0.717) is 19.3 Å². The van der Waals surface area contributed by atoms with Crippen LogP contribution in [-0.2, 0) is 28.6 Å². The minimum Gasteiger partial charge on any atom is -0.462 e. The van der Waals surface area contributed by atoms with Gasteiger partial charge in [-0.3, -0.25) is 14.4 Å². The third kappa shape index (κ3) is 46.7. The van der Waals surface area contributed by atoms with Crippen molar-refractivity contribution >= 4 is 17.9 Å². The fourth-order valence-corrected chi connectivity index (χ4v) is 7.45. The first kappa shape index (κ1) is 57.6. The molecule has 0 radical (unpaired) electrons. The summed E-state index contributed by atoms with van der Waals surface area (Å²) in [6, 6.07) is 0. The summed E-state index contributed by atoms with van der Waals surface area (Å²) in [6.45, 7) is 6.57. The zero-order valence-electron chi connectivity index (χ0n) is 40.0. The topological polar surface area (TPSA) is 78.9 Å². The van der Waals surface area contributed by atoms with Gasteiger partial charge in [0, 0.05) is 19.3 Å². The van der Waals surface area contributed by atoms with Gasteiger partial charge in [0.25, 0.3) is 0 Å². The average Bonchev–Trinajstić information content (AvgIpc) is 3.24. The maximum atomic E-state index is 12.7. The van der Waals surface area contributed by atoms with Crippen molar-refractivity contribution < 1.29 is 28.6 Å². The number of hydrogen-bond acceptors (Lipinski definition) is 6. The van der Waals surface area contributed by atoms with E-state index in [1.807, 2.05) is 0 Å². The van der Waals surface area contributed by atoms with Crippen LogP contribution in [0.25, 0.3) is 0 Å². The quantitative estimate of drug-likeness (QED) is 0.0263. The van der Waals surface area contributed by atoms with E-state index in [2.05, 4.69) is 57.2 Å². The van der Waals surface area contributed by atoms with Crippen molar-refractivity contribution in [2.45, 2.75) is 277 Å². The first-order chi connectivity index (χ1) is 29.5. The van der Waals surface area contributed by atoms with E-state index in [9.17, 15) is 14.4 Å². The Labute approximate surface area is 372 Å². The molecular weight excluding hydrogens is 745 g/mol. The van der Waals surface area contributed by atoms with E-state index >= 15 is 0 Å². The van der Waals surface area contributed by atoms with Crippen LogP contribution in [0.5, 0.6) is 0 Å². The fraction of sp³-hybridized carbons (Fsp3) is 0.833. The molecule has 0 aromatic rings. The van der Waals surface area contributed by atoms with E-state index < -0.39 is 6.10 Å². The Kier molecular flexibility index (Phi) is 47.3. The molecule has 0 spiro atoms. The normalized spacial score (nSPS) is 12.2. The van der Waals surface area contributed by atoms with Gasteiger partial charge in [-0.25, -0.2) is 0 Å². The van der Waals surface area contributed by atoms with E-state index in [4.69, 9.17) is 14.2 Å². The average molecular weight is 843 g/mol. The number of unbranched alkanes of at least 4 members (excludes halogenated alkanes) is 30. The van der Waals surface area contributed by atoms with Crippen LogP contribution in [0.3, 0.4) is 0 Å². The molecule has 6 heteroatoms. The second-order valence-electron chi connectivity index (χ2n) is 17.4. The minimum atomic E-state index is -0.765. The molecule has 1 atom stereocenters. The van der Waals surface area contributed by atoms with Crippen LogP contribution in [-0.4, -0.2) is 37.2 Å². The van der Waals surface area contributed by atoms with Crippen LogP contribution < -0.4 is 0 Å². The lowest BCUT2D eigenvalue weighted by atomic mass is 10.0. The highest BCUT2D eigenvalue weighted by Gasteiger charge is 2.19. The third-order valence-corrected chi connectivity index (χ3v) is 11.4. The lowest BCUT2D eigenvalue weighted by molar-refractivity contribution is -0.167. The van der Waals surface area contributed by atoms with Gasteiger partial charge >= 0.3 is 17.9 Å².